The van der Waals surface area contributed by atoms with Crippen LogP contribution in [0.2, 0.25) is 0 Å². The zero-order valence-corrected chi connectivity index (χ0v) is 6.96. The molecule has 0 saturated heterocycles. The number of hydrogen-bond donors (Lipinski definition) is 0. The van der Waals surface area contributed by atoms with Gasteiger partial charge in [-0.15, -0.1) is 0 Å². The van der Waals surface area contributed by atoms with Crippen molar-refractivity contribution in [2.45, 2.75) is 0 Å². The predicted molar refractivity (Wildman–Crippen MR) is 2.06 cm³/mol. The van der Waals surface area contributed by atoms with Crippen molar-refractivity contribution in [2.75, 3.05) is 0 Å². The molecular formula is FeO3Pr. The van der Waals surface area contributed by atoms with Crippen LogP contribution in [0.15, 0.2) is 0 Å². The van der Waals surface area contributed by atoms with Crippen LogP contribution in [0.5, 0.6) is 0 Å². The third-order valence-corrected chi connectivity index (χ3v) is 0. The van der Waals surface area contributed by atoms with Crippen molar-refractivity contribution in [3.8, 4) is 0 Å². The molecule has 0 aliphatic carbocycles. The molecule has 1 radical (unpaired) electrons. The van der Waals surface area contributed by atoms with Crippen molar-refractivity contribution < 1.29 is 74.8 Å². The van der Waals surface area contributed by atoms with Gasteiger partial charge in [-0.1, -0.05) is 0 Å². The first-order valence-corrected chi connectivity index (χ1v) is 0. The van der Waals surface area contributed by atoms with E-state index in [2.05, 4.69) is 0 Å². The van der Waals surface area contributed by atoms with Gasteiger partial charge in [-0.05, 0) is 0 Å². The molecule has 0 spiro atoms. The van der Waals surface area contributed by atoms with Gasteiger partial charge in [0.25, 0.3) is 0 Å². The monoisotopic (exact) mass is 245 g/mol. The van der Waals surface area contributed by atoms with E-state index >= 15 is 0 Å². The molecule has 0 aromatic heterocycles. The quantitative estimate of drug-likeness (QED) is 0.522. The van der Waals surface area contributed by atoms with Gasteiger partial charge in [-0.2, -0.15) is 0 Å². The SMILES string of the molecule is [Fe+3].[O-2].[O-2].[O-2].[Pr+3]. The Morgan fingerprint density at radius 2 is 0.600 bits per heavy atom. The van der Waals surface area contributed by atoms with E-state index < -0.39 is 0 Å². The summed E-state index contributed by atoms with van der Waals surface area (Å²) < 4.78 is 0. The molecule has 0 atom stereocenters. The first-order chi connectivity index (χ1) is 0. The Morgan fingerprint density at radius 1 is 0.600 bits per heavy atom. The summed E-state index contributed by atoms with van der Waals surface area (Å²) in [5.41, 5.74) is 0. The van der Waals surface area contributed by atoms with E-state index in [-0.39, 0.29) is 74.8 Å². The molecule has 0 aromatic carbocycles. The maximum absolute atomic E-state index is 0. The Bertz CT molecular complexity index is 6.85. The van der Waals surface area contributed by atoms with Crippen molar-refractivity contribution in [1.82, 2.24) is 0 Å². The van der Waals surface area contributed by atoms with Crippen LogP contribution in [-0.4, -0.2) is 0 Å². The fourth-order valence-electron chi connectivity index (χ4n) is 0. The third kappa shape index (κ3) is 26.3. The zero-order chi connectivity index (χ0) is 0. The van der Waals surface area contributed by atoms with E-state index in [0.717, 1.165) is 0 Å². The molecule has 0 aliphatic heterocycles. The van der Waals surface area contributed by atoms with Crippen LogP contribution >= 0.6 is 0 Å². The minimum Gasteiger partial charge on any atom is -2.00 e. The average molecular weight is 245 g/mol. The molecule has 5 heteroatoms. The van der Waals surface area contributed by atoms with Gasteiger partial charge in [0.15, 0.2) is 0 Å². The van der Waals surface area contributed by atoms with E-state index in [0.29, 0.717) is 0 Å². The van der Waals surface area contributed by atoms with Gasteiger partial charge in [0.2, 0.25) is 0 Å². The second-order valence-electron chi connectivity index (χ2n) is 0. The molecule has 0 amide bonds. The van der Waals surface area contributed by atoms with E-state index in [1.807, 2.05) is 0 Å². The summed E-state index contributed by atoms with van der Waals surface area (Å²) >= 11 is 0. The summed E-state index contributed by atoms with van der Waals surface area (Å²) in [6.07, 6.45) is 0. The van der Waals surface area contributed by atoms with Gasteiger partial charge in [0, 0.05) is 0 Å². The Balaban J connectivity index is 0. The molecule has 0 unspecified atom stereocenters. The topological polar surface area (TPSA) is 85.5 Å². The van der Waals surface area contributed by atoms with Crippen molar-refractivity contribution in [2.24, 2.45) is 0 Å². The van der Waals surface area contributed by atoms with Crippen LogP contribution in [0.25, 0.3) is 0 Å². The molecule has 3 nitrogen and oxygen atoms in total. The fraction of sp³-hybridized carbons (Fsp3) is 0. The molecule has 0 aromatic rings. The molecular weight excluding hydrogens is 245 g/mol. The molecule has 0 aliphatic rings. The first kappa shape index (κ1) is 72.3. The Labute approximate surface area is 73.9 Å². The zero-order valence-electron chi connectivity index (χ0n) is 2.16. The molecule has 0 fully saturated rings. The summed E-state index contributed by atoms with van der Waals surface area (Å²) in [7, 11) is 0. The van der Waals surface area contributed by atoms with Crippen molar-refractivity contribution in [3.63, 3.8) is 0 Å². The van der Waals surface area contributed by atoms with Gasteiger partial charge in [-0.3, -0.25) is 0 Å². The third-order valence-electron chi connectivity index (χ3n) is 0. The van der Waals surface area contributed by atoms with Crippen molar-refractivity contribution in [3.05, 3.63) is 0 Å². The summed E-state index contributed by atoms with van der Waals surface area (Å²) in [5, 5.41) is 0. The van der Waals surface area contributed by atoms with Gasteiger partial charge >= 0.3 is 58.4 Å². The Kier molecular flexibility index (Phi) is 608. The standard InChI is InChI=1S/Fe.3O.Pr/q+3;3*-2;+3. The minimum absolute atomic E-state index is 0. The molecule has 0 saturated carbocycles. The van der Waals surface area contributed by atoms with Crippen LogP contribution in [0.4, 0.5) is 0 Å². The predicted octanol–water partition coefficient (Wildman–Crippen LogP) is -0.359. The van der Waals surface area contributed by atoms with Gasteiger partial charge in [0.1, 0.15) is 0 Å². The number of hydrogen-bond acceptors (Lipinski definition) is 0. The molecule has 29 valence electrons. The van der Waals surface area contributed by atoms with Crippen LogP contribution in [0, 0.1) is 41.3 Å². The second kappa shape index (κ2) is 42.1. The summed E-state index contributed by atoms with van der Waals surface area (Å²) in [6, 6.07) is 0. The van der Waals surface area contributed by atoms with Crippen molar-refractivity contribution in [1.29, 1.82) is 0 Å². The normalized spacial score (nSPS) is 0. The molecule has 0 rings (SSSR count). The van der Waals surface area contributed by atoms with E-state index in [1.54, 1.807) is 0 Å². The van der Waals surface area contributed by atoms with Crippen LogP contribution in [-0.2, 0) is 33.5 Å². The first-order valence-electron chi connectivity index (χ1n) is 0. The van der Waals surface area contributed by atoms with Gasteiger partial charge < -0.3 is 16.4 Å². The van der Waals surface area contributed by atoms with Crippen LogP contribution in [0.3, 0.4) is 0 Å². The van der Waals surface area contributed by atoms with Gasteiger partial charge in [0.05, 0.1) is 0 Å². The summed E-state index contributed by atoms with van der Waals surface area (Å²) in [6.45, 7) is 0. The van der Waals surface area contributed by atoms with Crippen molar-refractivity contribution >= 4 is 0 Å². The average Bonchev–Trinajstić information content (AvgIpc) is 0. The molecule has 0 bridgehead atoms. The largest absolute Gasteiger partial charge is 3.00 e. The summed E-state index contributed by atoms with van der Waals surface area (Å²) in [5.74, 6) is 0. The Morgan fingerprint density at radius 3 is 0.600 bits per heavy atom. The Hall–Kier alpha value is 1.76. The van der Waals surface area contributed by atoms with Gasteiger partial charge in [-0.25, -0.2) is 0 Å². The minimum atomic E-state index is 0. The maximum Gasteiger partial charge on any atom is 3.00 e. The van der Waals surface area contributed by atoms with E-state index in [9.17, 15) is 0 Å². The van der Waals surface area contributed by atoms with Crippen LogP contribution in [0.1, 0.15) is 0 Å². The number of rotatable bonds is 0. The summed E-state index contributed by atoms with van der Waals surface area (Å²) in [4.78, 5) is 0. The smallest absolute Gasteiger partial charge is 2.00 e. The maximum atomic E-state index is 0. The molecule has 0 N–H and O–H groups in total. The second-order valence-corrected chi connectivity index (χ2v) is 0. The van der Waals surface area contributed by atoms with Crippen LogP contribution < -0.4 is 0 Å². The van der Waals surface area contributed by atoms with E-state index in [4.69, 9.17) is 0 Å². The molecule has 5 heavy (non-hydrogen) atoms. The van der Waals surface area contributed by atoms with E-state index in [1.165, 1.54) is 0 Å². The fourth-order valence-corrected chi connectivity index (χ4v) is 0. The molecule has 0 heterocycles.